The summed E-state index contributed by atoms with van der Waals surface area (Å²) >= 11 is 5.30. The second kappa shape index (κ2) is 6.08. The maximum Gasteiger partial charge on any atom is 0.280 e. The van der Waals surface area contributed by atoms with Gasteiger partial charge in [0.15, 0.2) is 5.16 Å². The lowest BCUT2D eigenvalue weighted by Gasteiger charge is -2.38. The Morgan fingerprint density at radius 1 is 1.39 bits per heavy atom. The molecule has 1 aromatic heterocycles. The number of hydrogen-bond acceptors (Lipinski definition) is 5. The van der Waals surface area contributed by atoms with Gasteiger partial charge in [0.25, 0.3) is 5.56 Å². The number of halogens is 1. The number of alkyl halides is 1. The van der Waals surface area contributed by atoms with E-state index in [0.29, 0.717) is 6.04 Å². The summed E-state index contributed by atoms with van der Waals surface area (Å²) in [6.45, 7) is 4.70. The van der Waals surface area contributed by atoms with E-state index in [-0.39, 0.29) is 10.3 Å². The fourth-order valence-electron chi connectivity index (χ4n) is 3.94. The Labute approximate surface area is 149 Å². The summed E-state index contributed by atoms with van der Waals surface area (Å²) in [6.07, 6.45) is 6.50. The van der Waals surface area contributed by atoms with Crippen molar-refractivity contribution in [2.45, 2.75) is 68.1 Å². The highest BCUT2D eigenvalue weighted by molar-refractivity contribution is 9.09. The molecule has 0 bridgehead atoms. The SMILES string of the molecule is C[C@@]1(CBr)Cn2c(nc(=O)c3c2NCN(C2CCCCC2)C3)S1. The number of nitrogens with one attached hydrogen (secondary N) is 1. The minimum absolute atomic E-state index is 0.0504. The summed E-state index contributed by atoms with van der Waals surface area (Å²) in [5.74, 6) is 1.00. The van der Waals surface area contributed by atoms with Crippen molar-refractivity contribution in [2.24, 2.45) is 0 Å². The molecule has 5 nitrogen and oxygen atoms in total. The molecule has 4 rings (SSSR count). The van der Waals surface area contributed by atoms with E-state index < -0.39 is 0 Å². The zero-order valence-electron chi connectivity index (χ0n) is 13.5. The fourth-order valence-corrected chi connectivity index (χ4v) is 5.54. The molecule has 3 aliphatic rings. The molecule has 1 N–H and O–H groups in total. The largest absolute Gasteiger partial charge is 0.358 e. The van der Waals surface area contributed by atoms with E-state index in [0.717, 1.165) is 41.6 Å². The molecule has 1 aromatic rings. The van der Waals surface area contributed by atoms with E-state index in [1.54, 1.807) is 11.8 Å². The first-order valence-corrected chi connectivity index (χ1v) is 10.4. The van der Waals surface area contributed by atoms with Crippen LogP contribution in [-0.2, 0) is 13.1 Å². The summed E-state index contributed by atoms with van der Waals surface area (Å²) in [7, 11) is 0. The number of aromatic nitrogens is 2. The fraction of sp³-hybridized carbons (Fsp3) is 0.750. The van der Waals surface area contributed by atoms with Crippen LogP contribution in [0.25, 0.3) is 0 Å². The molecular weight excluding hydrogens is 376 g/mol. The molecule has 1 saturated carbocycles. The van der Waals surface area contributed by atoms with E-state index in [2.05, 4.69) is 42.6 Å². The van der Waals surface area contributed by atoms with Gasteiger partial charge in [-0.05, 0) is 19.8 Å². The number of anilines is 1. The van der Waals surface area contributed by atoms with Gasteiger partial charge in [0.05, 0.1) is 12.2 Å². The van der Waals surface area contributed by atoms with Crippen molar-refractivity contribution in [1.82, 2.24) is 14.5 Å². The van der Waals surface area contributed by atoms with Crippen molar-refractivity contribution in [3.05, 3.63) is 15.9 Å². The zero-order valence-corrected chi connectivity index (χ0v) is 15.9. The summed E-state index contributed by atoms with van der Waals surface area (Å²) in [6, 6.07) is 0.615. The molecule has 0 saturated heterocycles. The van der Waals surface area contributed by atoms with Gasteiger partial charge in [0.1, 0.15) is 5.82 Å². The average Bonchev–Trinajstić information content (AvgIpc) is 2.93. The third-order valence-corrected chi connectivity index (χ3v) is 8.13. The smallest absolute Gasteiger partial charge is 0.280 e. The molecule has 3 heterocycles. The molecule has 0 spiro atoms. The van der Waals surface area contributed by atoms with Gasteiger partial charge < -0.3 is 9.88 Å². The third kappa shape index (κ3) is 2.85. The Hall–Kier alpha value is -0.530. The minimum atomic E-state index is -0.0504. The van der Waals surface area contributed by atoms with Crippen LogP contribution in [0.3, 0.4) is 0 Å². The Kier molecular flexibility index (Phi) is 4.22. The zero-order chi connectivity index (χ0) is 16.0. The Morgan fingerprint density at radius 3 is 2.91 bits per heavy atom. The van der Waals surface area contributed by atoms with Crippen molar-refractivity contribution >= 4 is 33.5 Å². The Balaban J connectivity index is 1.64. The first-order valence-electron chi connectivity index (χ1n) is 8.46. The minimum Gasteiger partial charge on any atom is -0.358 e. The molecule has 1 fully saturated rings. The quantitative estimate of drug-likeness (QED) is 0.612. The Morgan fingerprint density at radius 2 is 2.17 bits per heavy atom. The van der Waals surface area contributed by atoms with Crippen molar-refractivity contribution in [3.63, 3.8) is 0 Å². The highest BCUT2D eigenvalue weighted by atomic mass is 79.9. The number of nitrogens with zero attached hydrogens (tertiary/aromatic N) is 3. The lowest BCUT2D eigenvalue weighted by molar-refractivity contribution is 0.151. The van der Waals surface area contributed by atoms with Gasteiger partial charge in [0, 0.05) is 29.2 Å². The van der Waals surface area contributed by atoms with Crippen LogP contribution < -0.4 is 10.9 Å². The molecule has 7 heteroatoms. The number of hydrogen-bond donors (Lipinski definition) is 1. The van der Waals surface area contributed by atoms with E-state index in [1.807, 2.05) is 0 Å². The first-order chi connectivity index (χ1) is 11.1. The maximum atomic E-state index is 12.5. The molecule has 2 aliphatic heterocycles. The molecule has 1 atom stereocenters. The van der Waals surface area contributed by atoms with Crippen molar-refractivity contribution in [1.29, 1.82) is 0 Å². The second-order valence-corrected chi connectivity index (χ2v) is 9.29. The molecule has 0 unspecified atom stereocenters. The van der Waals surface area contributed by atoms with Crippen LogP contribution in [0, 0.1) is 0 Å². The van der Waals surface area contributed by atoms with Gasteiger partial charge in [-0.3, -0.25) is 9.69 Å². The van der Waals surface area contributed by atoms with Crippen LogP contribution in [0.1, 0.15) is 44.6 Å². The first kappa shape index (κ1) is 16.0. The molecule has 1 aliphatic carbocycles. The highest BCUT2D eigenvalue weighted by Gasteiger charge is 2.38. The molecule has 0 amide bonds. The monoisotopic (exact) mass is 398 g/mol. The topological polar surface area (TPSA) is 50.2 Å². The van der Waals surface area contributed by atoms with E-state index in [4.69, 9.17) is 0 Å². The van der Waals surface area contributed by atoms with Crippen molar-refractivity contribution < 1.29 is 0 Å². The van der Waals surface area contributed by atoms with Crippen LogP contribution >= 0.6 is 27.7 Å². The predicted octanol–water partition coefficient (Wildman–Crippen LogP) is 3.02. The molecule has 23 heavy (non-hydrogen) atoms. The van der Waals surface area contributed by atoms with E-state index >= 15 is 0 Å². The lowest BCUT2D eigenvalue weighted by Crippen LogP contribution is -2.45. The molecule has 0 radical (unpaired) electrons. The molecule has 0 aromatic carbocycles. The number of thioether (sulfide) groups is 1. The van der Waals surface area contributed by atoms with Crippen LogP contribution in [0.2, 0.25) is 0 Å². The normalized spacial score (nSPS) is 28.3. The highest BCUT2D eigenvalue weighted by Crippen LogP contribution is 2.43. The van der Waals surface area contributed by atoms with Crippen LogP contribution in [-0.4, -0.2) is 37.2 Å². The van der Waals surface area contributed by atoms with Crippen molar-refractivity contribution in [3.8, 4) is 0 Å². The maximum absolute atomic E-state index is 12.5. The van der Waals surface area contributed by atoms with Crippen LogP contribution in [0.5, 0.6) is 0 Å². The van der Waals surface area contributed by atoms with Gasteiger partial charge in [0.2, 0.25) is 0 Å². The molecular formula is C16H23BrN4OS. The third-order valence-electron chi connectivity index (χ3n) is 5.26. The van der Waals surface area contributed by atoms with Gasteiger partial charge in [-0.2, -0.15) is 4.98 Å². The van der Waals surface area contributed by atoms with Gasteiger partial charge in [-0.15, -0.1) is 0 Å². The van der Waals surface area contributed by atoms with E-state index in [9.17, 15) is 4.79 Å². The average molecular weight is 399 g/mol. The molecule has 126 valence electrons. The van der Waals surface area contributed by atoms with Crippen molar-refractivity contribution in [2.75, 3.05) is 17.3 Å². The standard InChI is InChI=1S/C16H23BrN4OS/c1-16(8-17)9-21-13-12(14(22)19-15(21)23-16)7-20(10-18-13)11-5-3-2-4-6-11/h11,18H,2-10H2,1H3/t16-/m1/s1. The predicted molar refractivity (Wildman–Crippen MR) is 97.5 cm³/mol. The summed E-state index contributed by atoms with van der Waals surface area (Å²) in [4.78, 5) is 19.3. The summed E-state index contributed by atoms with van der Waals surface area (Å²) in [5, 5.41) is 5.28. The second-order valence-electron chi connectivity index (χ2n) is 7.17. The summed E-state index contributed by atoms with van der Waals surface area (Å²) < 4.78 is 2.28. The van der Waals surface area contributed by atoms with Gasteiger partial charge >= 0.3 is 0 Å². The van der Waals surface area contributed by atoms with Gasteiger partial charge in [-0.1, -0.05) is 47.0 Å². The van der Waals surface area contributed by atoms with Crippen LogP contribution in [0.15, 0.2) is 9.95 Å². The number of fused-ring (bicyclic) bond motifs is 3. The lowest BCUT2D eigenvalue weighted by atomic mass is 9.94. The van der Waals surface area contributed by atoms with E-state index in [1.165, 1.54) is 32.1 Å². The summed E-state index contributed by atoms with van der Waals surface area (Å²) in [5.41, 5.74) is 0.801. The number of rotatable bonds is 2. The Bertz CT molecular complexity index is 673. The van der Waals surface area contributed by atoms with Crippen LogP contribution in [0.4, 0.5) is 5.82 Å². The van der Waals surface area contributed by atoms with Gasteiger partial charge in [-0.25, -0.2) is 0 Å².